The number of carbonyl (C=O) groups excluding carboxylic acids is 1. The number of pyridine rings is 1. The molecule has 0 unspecified atom stereocenters. The van der Waals surface area contributed by atoms with Gasteiger partial charge in [-0.2, -0.15) is 0 Å². The molecule has 92 valence electrons. The Hall–Kier alpha value is -2.07. The van der Waals surface area contributed by atoms with Crippen LogP contribution in [0.4, 0.5) is 11.4 Å². The molecule has 0 bridgehead atoms. The lowest BCUT2D eigenvalue weighted by molar-refractivity contribution is 0.102. The van der Waals surface area contributed by atoms with E-state index in [1.165, 1.54) is 0 Å². The van der Waals surface area contributed by atoms with Crippen molar-refractivity contribution in [3.8, 4) is 0 Å². The van der Waals surface area contributed by atoms with E-state index in [4.69, 9.17) is 17.3 Å². The maximum atomic E-state index is 12.0. The highest BCUT2D eigenvalue weighted by Crippen LogP contribution is 2.23. The van der Waals surface area contributed by atoms with Crippen molar-refractivity contribution in [2.24, 2.45) is 0 Å². The average Bonchev–Trinajstić information content (AvgIpc) is 2.34. The lowest BCUT2D eigenvalue weighted by Gasteiger charge is -2.07. The number of nitrogens with two attached hydrogens (primary N) is 1. The molecule has 1 amide bonds. The summed E-state index contributed by atoms with van der Waals surface area (Å²) in [6, 6.07) is 8.55. The number of nitrogens with zero attached hydrogens (tertiary/aromatic N) is 1. The number of anilines is 2. The zero-order valence-corrected chi connectivity index (χ0v) is 10.5. The highest BCUT2D eigenvalue weighted by atomic mass is 35.5. The summed E-state index contributed by atoms with van der Waals surface area (Å²) in [6.45, 7) is 1.83. The van der Waals surface area contributed by atoms with Crippen molar-refractivity contribution in [1.82, 2.24) is 4.98 Å². The largest absolute Gasteiger partial charge is 0.398 e. The number of hydrogen-bond donors (Lipinski definition) is 2. The van der Waals surface area contributed by atoms with Crippen LogP contribution in [0.1, 0.15) is 16.1 Å². The monoisotopic (exact) mass is 261 g/mol. The van der Waals surface area contributed by atoms with Gasteiger partial charge in [-0.3, -0.25) is 9.78 Å². The standard InChI is InChI=1S/C13H12ClN3O/c1-8-3-2-6-16-12(8)13(18)17-9-4-5-11(15)10(14)7-9/h2-7H,15H2,1H3,(H,17,18). The molecular formula is C13H12ClN3O. The topological polar surface area (TPSA) is 68.0 Å². The van der Waals surface area contributed by atoms with Gasteiger partial charge in [0.05, 0.1) is 10.7 Å². The maximum absolute atomic E-state index is 12.0. The van der Waals surface area contributed by atoms with Crippen molar-refractivity contribution in [2.45, 2.75) is 6.92 Å². The summed E-state index contributed by atoms with van der Waals surface area (Å²) in [7, 11) is 0. The normalized spacial score (nSPS) is 10.1. The van der Waals surface area contributed by atoms with E-state index in [2.05, 4.69) is 10.3 Å². The minimum Gasteiger partial charge on any atom is -0.398 e. The van der Waals surface area contributed by atoms with Crippen molar-refractivity contribution >= 4 is 28.9 Å². The van der Waals surface area contributed by atoms with Gasteiger partial charge in [0.2, 0.25) is 0 Å². The lowest BCUT2D eigenvalue weighted by Crippen LogP contribution is -2.15. The van der Waals surface area contributed by atoms with Crippen LogP contribution in [0.25, 0.3) is 0 Å². The molecule has 5 heteroatoms. The quantitative estimate of drug-likeness (QED) is 0.817. The van der Waals surface area contributed by atoms with Crippen LogP contribution in [-0.4, -0.2) is 10.9 Å². The molecule has 0 spiro atoms. The van der Waals surface area contributed by atoms with Gasteiger partial charge in [-0.05, 0) is 36.8 Å². The molecule has 2 rings (SSSR count). The Kier molecular flexibility index (Phi) is 3.48. The van der Waals surface area contributed by atoms with Gasteiger partial charge in [-0.15, -0.1) is 0 Å². The second-order valence-corrected chi connectivity index (χ2v) is 4.27. The van der Waals surface area contributed by atoms with E-state index in [1.807, 2.05) is 13.0 Å². The van der Waals surface area contributed by atoms with Crippen molar-refractivity contribution in [2.75, 3.05) is 11.1 Å². The predicted molar refractivity (Wildman–Crippen MR) is 72.8 cm³/mol. The summed E-state index contributed by atoms with van der Waals surface area (Å²) in [4.78, 5) is 16.0. The highest BCUT2D eigenvalue weighted by molar-refractivity contribution is 6.33. The summed E-state index contributed by atoms with van der Waals surface area (Å²) in [5.74, 6) is -0.270. The second kappa shape index (κ2) is 5.06. The molecule has 1 aromatic heterocycles. The molecule has 1 aromatic carbocycles. The average molecular weight is 262 g/mol. The molecule has 2 aromatic rings. The van der Waals surface area contributed by atoms with Crippen molar-refractivity contribution in [1.29, 1.82) is 0 Å². The molecular weight excluding hydrogens is 250 g/mol. The molecule has 0 saturated heterocycles. The SMILES string of the molecule is Cc1cccnc1C(=O)Nc1ccc(N)c(Cl)c1. The fourth-order valence-corrected chi connectivity index (χ4v) is 1.70. The molecule has 0 atom stereocenters. The van der Waals surface area contributed by atoms with Crippen LogP contribution in [0.5, 0.6) is 0 Å². The lowest BCUT2D eigenvalue weighted by atomic mass is 10.2. The fraction of sp³-hybridized carbons (Fsp3) is 0.0769. The number of aromatic nitrogens is 1. The van der Waals surface area contributed by atoms with Crippen LogP contribution in [0.2, 0.25) is 5.02 Å². The molecule has 4 nitrogen and oxygen atoms in total. The van der Waals surface area contributed by atoms with E-state index in [9.17, 15) is 4.79 Å². The predicted octanol–water partition coefficient (Wildman–Crippen LogP) is 2.88. The summed E-state index contributed by atoms with van der Waals surface area (Å²) in [5, 5.41) is 3.13. The zero-order valence-electron chi connectivity index (χ0n) is 9.77. The number of aryl methyl sites for hydroxylation is 1. The van der Waals surface area contributed by atoms with Crippen LogP contribution in [-0.2, 0) is 0 Å². The van der Waals surface area contributed by atoms with Crippen LogP contribution in [0, 0.1) is 6.92 Å². The minimum absolute atomic E-state index is 0.270. The molecule has 3 N–H and O–H groups in total. The van der Waals surface area contributed by atoms with Crippen molar-refractivity contribution in [3.63, 3.8) is 0 Å². The molecule has 0 saturated carbocycles. The Morgan fingerprint density at radius 1 is 1.39 bits per heavy atom. The number of benzene rings is 1. The van der Waals surface area contributed by atoms with E-state index in [-0.39, 0.29) is 5.91 Å². The number of carbonyl (C=O) groups is 1. The molecule has 18 heavy (non-hydrogen) atoms. The summed E-state index contributed by atoms with van der Waals surface area (Å²) >= 11 is 5.88. The summed E-state index contributed by atoms with van der Waals surface area (Å²) < 4.78 is 0. The van der Waals surface area contributed by atoms with Crippen molar-refractivity contribution in [3.05, 3.63) is 52.8 Å². The summed E-state index contributed by atoms with van der Waals surface area (Å²) in [6.07, 6.45) is 1.58. The van der Waals surface area contributed by atoms with E-state index in [0.717, 1.165) is 5.56 Å². The third-order valence-electron chi connectivity index (χ3n) is 2.48. The van der Waals surface area contributed by atoms with Gasteiger partial charge in [0.1, 0.15) is 5.69 Å². The molecule has 0 aliphatic rings. The number of nitrogen functional groups attached to an aromatic ring is 1. The number of nitrogens with one attached hydrogen (secondary N) is 1. The Morgan fingerprint density at radius 3 is 2.83 bits per heavy atom. The van der Waals surface area contributed by atoms with Crippen LogP contribution in [0.15, 0.2) is 36.5 Å². The first kappa shape index (κ1) is 12.4. The highest BCUT2D eigenvalue weighted by Gasteiger charge is 2.10. The third-order valence-corrected chi connectivity index (χ3v) is 2.81. The Bertz CT molecular complexity index is 599. The van der Waals surface area contributed by atoms with Crippen LogP contribution >= 0.6 is 11.6 Å². The van der Waals surface area contributed by atoms with Gasteiger partial charge in [-0.1, -0.05) is 17.7 Å². The Balaban J connectivity index is 2.22. The van der Waals surface area contributed by atoms with E-state index in [0.29, 0.717) is 22.1 Å². The van der Waals surface area contributed by atoms with E-state index in [1.54, 1.807) is 30.5 Å². The summed E-state index contributed by atoms with van der Waals surface area (Å²) in [5.41, 5.74) is 7.87. The van der Waals surface area contributed by atoms with Crippen LogP contribution in [0.3, 0.4) is 0 Å². The minimum atomic E-state index is -0.270. The van der Waals surface area contributed by atoms with E-state index >= 15 is 0 Å². The molecule has 0 fully saturated rings. The smallest absolute Gasteiger partial charge is 0.274 e. The first-order valence-corrected chi connectivity index (χ1v) is 5.73. The first-order chi connectivity index (χ1) is 8.58. The first-order valence-electron chi connectivity index (χ1n) is 5.36. The van der Waals surface area contributed by atoms with Crippen molar-refractivity contribution < 1.29 is 4.79 Å². The number of amides is 1. The third kappa shape index (κ3) is 2.60. The van der Waals surface area contributed by atoms with Crippen LogP contribution < -0.4 is 11.1 Å². The van der Waals surface area contributed by atoms with Gasteiger partial charge in [-0.25, -0.2) is 0 Å². The number of rotatable bonds is 2. The number of halogens is 1. The zero-order chi connectivity index (χ0) is 13.1. The van der Waals surface area contributed by atoms with E-state index < -0.39 is 0 Å². The number of hydrogen-bond acceptors (Lipinski definition) is 3. The van der Waals surface area contributed by atoms with Gasteiger partial charge in [0, 0.05) is 11.9 Å². The Morgan fingerprint density at radius 2 is 2.17 bits per heavy atom. The van der Waals surface area contributed by atoms with Gasteiger partial charge < -0.3 is 11.1 Å². The maximum Gasteiger partial charge on any atom is 0.274 e. The molecule has 0 aliphatic carbocycles. The molecule has 1 heterocycles. The van der Waals surface area contributed by atoms with Gasteiger partial charge in [0.15, 0.2) is 0 Å². The van der Waals surface area contributed by atoms with Gasteiger partial charge >= 0.3 is 0 Å². The second-order valence-electron chi connectivity index (χ2n) is 3.86. The molecule has 0 radical (unpaired) electrons. The fourth-order valence-electron chi connectivity index (χ4n) is 1.52. The van der Waals surface area contributed by atoms with Gasteiger partial charge in [0.25, 0.3) is 5.91 Å². The Labute approximate surface area is 110 Å². The molecule has 0 aliphatic heterocycles.